The molecular weight excluding hydrogens is 657 g/mol. The molecule has 0 bridgehead atoms. The summed E-state index contributed by atoms with van der Waals surface area (Å²) in [6.45, 7) is -0.275. The van der Waals surface area contributed by atoms with Crippen LogP contribution in [0.1, 0.15) is 50.5 Å². The van der Waals surface area contributed by atoms with E-state index in [1.807, 2.05) is 11.1 Å². The maximum atomic E-state index is 13.1. The predicted molar refractivity (Wildman–Crippen MR) is 203 cm³/mol. The van der Waals surface area contributed by atoms with Gasteiger partial charge in [-0.15, -0.1) is 0 Å². The van der Waals surface area contributed by atoms with Crippen molar-refractivity contribution in [2.24, 2.45) is 165 Å². The standard InChI is InChI=1S/C52H54O2/c53-19-21(54)7-4-18-50(20-5-2-1-3-6-20)51-46-30-16-14-28-26-12-10-24-22-8-9-23-25-11-13-27-29-15-17-31(30)47(51)39(29)43-37(27)35(25)41-33(23)32(22)40-34(24)36(26)42(38(28)46)48-44(40)45(41)49(43)52(48,50)51/h1-3,5-6,8-10,12,14,16,22-25,27,29-49,53H,4,7,11,13,15,17-19H2. The Morgan fingerprint density at radius 3 is 2.04 bits per heavy atom. The average Bonchev–Trinajstić information content (AvgIpc) is 3.86. The first kappa shape index (κ1) is 28.2. The molecule has 274 valence electrons. The van der Waals surface area contributed by atoms with Gasteiger partial charge in [0.15, 0.2) is 5.78 Å². The predicted octanol–water partition coefficient (Wildman–Crippen LogP) is 8.41. The number of aliphatic hydroxyl groups excluding tert-OH is 1. The molecule has 0 radical (unpaired) electrons. The lowest BCUT2D eigenvalue weighted by molar-refractivity contribution is -0.143. The van der Waals surface area contributed by atoms with Crippen molar-refractivity contribution in [2.75, 3.05) is 6.61 Å². The normalized spacial score (nSPS) is 69.9. The third kappa shape index (κ3) is 2.15. The zero-order valence-electron chi connectivity index (χ0n) is 31.4. The zero-order valence-corrected chi connectivity index (χ0v) is 31.4. The molecule has 18 rings (SSSR count). The fourth-order valence-electron chi connectivity index (χ4n) is 26.7. The summed E-state index contributed by atoms with van der Waals surface area (Å²) in [5.41, 5.74) is 6.48. The molecule has 0 aromatic heterocycles. The molecule has 2 spiro atoms. The lowest BCUT2D eigenvalue weighted by Gasteiger charge is -2.61. The van der Waals surface area contributed by atoms with E-state index in [0.29, 0.717) is 17.3 Å². The highest BCUT2D eigenvalue weighted by molar-refractivity contribution is 5.79. The maximum absolute atomic E-state index is 13.1. The van der Waals surface area contributed by atoms with Crippen LogP contribution in [-0.2, 0) is 10.2 Å². The van der Waals surface area contributed by atoms with Crippen LogP contribution in [0.4, 0.5) is 0 Å². The minimum absolute atomic E-state index is 0.0820. The maximum Gasteiger partial charge on any atom is 0.158 e. The van der Waals surface area contributed by atoms with Crippen molar-refractivity contribution in [3.63, 3.8) is 0 Å². The van der Waals surface area contributed by atoms with Crippen LogP contribution in [-0.4, -0.2) is 17.5 Å². The summed E-state index contributed by atoms with van der Waals surface area (Å²) in [7, 11) is 0. The molecule has 1 aromatic carbocycles. The lowest BCUT2D eigenvalue weighted by atomic mass is 9.43. The molecule has 2 heteroatoms. The number of aliphatic hydroxyl groups is 1. The second-order valence-corrected chi connectivity index (χ2v) is 23.8. The summed E-state index contributed by atoms with van der Waals surface area (Å²) in [6, 6.07) is 12.5. The first-order valence-electron chi connectivity index (χ1n) is 23.7. The third-order valence-electron chi connectivity index (χ3n) is 25.1. The molecular formula is C52H54O2. The number of Topliss-reactive ketones (excluding diaryl/α,β-unsaturated/α-hetero) is 1. The Kier molecular flexibility index (Phi) is 4.23. The molecule has 1 aromatic rings. The molecule has 2 nitrogen and oxygen atoms in total. The number of fused-ring (bicyclic) bond motifs is 4. The van der Waals surface area contributed by atoms with Crippen molar-refractivity contribution >= 4 is 5.78 Å². The molecule has 0 heterocycles. The van der Waals surface area contributed by atoms with E-state index in [1.165, 1.54) is 12.8 Å². The molecule has 17 aliphatic rings. The van der Waals surface area contributed by atoms with Gasteiger partial charge in [0.1, 0.15) is 6.61 Å². The van der Waals surface area contributed by atoms with E-state index in [0.717, 1.165) is 160 Å². The molecule has 1 N–H and O–H groups in total. The number of ketones is 1. The number of benzene rings is 1. The molecule has 29 unspecified atom stereocenters. The van der Waals surface area contributed by atoms with Gasteiger partial charge in [-0.05, 0) is 220 Å². The van der Waals surface area contributed by atoms with Gasteiger partial charge in [0, 0.05) is 11.8 Å². The highest BCUT2D eigenvalue weighted by Gasteiger charge is 3.06. The van der Waals surface area contributed by atoms with E-state index in [2.05, 4.69) is 66.8 Å². The molecule has 13 fully saturated rings. The average molecular weight is 711 g/mol. The highest BCUT2D eigenvalue weighted by Crippen LogP contribution is 3.08. The van der Waals surface area contributed by atoms with Gasteiger partial charge in [0.25, 0.3) is 0 Å². The van der Waals surface area contributed by atoms with Crippen LogP contribution >= 0.6 is 0 Å². The lowest BCUT2D eigenvalue weighted by Crippen LogP contribution is -2.58. The van der Waals surface area contributed by atoms with Gasteiger partial charge >= 0.3 is 0 Å². The zero-order chi connectivity index (χ0) is 34.3. The molecule has 0 saturated heterocycles. The Balaban J connectivity index is 1.02. The Morgan fingerprint density at radius 2 is 1.19 bits per heavy atom. The number of carbonyl (C=O) groups is 1. The summed E-state index contributed by atoms with van der Waals surface area (Å²) in [6.07, 6.45) is 26.2. The van der Waals surface area contributed by atoms with E-state index < -0.39 is 0 Å². The minimum atomic E-state index is -0.275. The number of allylic oxidation sites excluding steroid dienone is 8. The van der Waals surface area contributed by atoms with Crippen LogP contribution in [0.3, 0.4) is 0 Å². The fourth-order valence-corrected chi connectivity index (χ4v) is 26.7. The number of hydrogen-bond donors (Lipinski definition) is 1. The van der Waals surface area contributed by atoms with Crippen molar-refractivity contribution in [3.8, 4) is 0 Å². The van der Waals surface area contributed by atoms with Crippen LogP contribution in [0.2, 0.25) is 0 Å². The summed E-state index contributed by atoms with van der Waals surface area (Å²) in [4.78, 5) is 13.1. The van der Waals surface area contributed by atoms with Crippen LogP contribution < -0.4 is 0 Å². The minimum Gasteiger partial charge on any atom is -0.389 e. The van der Waals surface area contributed by atoms with Crippen molar-refractivity contribution in [1.82, 2.24) is 0 Å². The van der Waals surface area contributed by atoms with E-state index in [-0.39, 0.29) is 17.8 Å². The van der Waals surface area contributed by atoms with Gasteiger partial charge in [0.2, 0.25) is 0 Å². The van der Waals surface area contributed by atoms with Crippen LogP contribution in [0.25, 0.3) is 0 Å². The monoisotopic (exact) mass is 710 g/mol. The van der Waals surface area contributed by atoms with Crippen LogP contribution in [0.5, 0.6) is 0 Å². The van der Waals surface area contributed by atoms with E-state index in [1.54, 1.807) is 24.8 Å². The van der Waals surface area contributed by atoms with Crippen molar-refractivity contribution in [2.45, 2.75) is 50.4 Å². The Bertz CT molecular complexity index is 2210. The Hall–Kier alpha value is -2.19. The second-order valence-electron chi connectivity index (χ2n) is 23.8. The van der Waals surface area contributed by atoms with Gasteiger partial charge < -0.3 is 5.11 Å². The topological polar surface area (TPSA) is 37.3 Å². The van der Waals surface area contributed by atoms with Gasteiger partial charge in [-0.1, -0.05) is 66.8 Å². The molecule has 0 amide bonds. The second kappa shape index (κ2) is 8.09. The van der Waals surface area contributed by atoms with Gasteiger partial charge in [0.05, 0.1) is 0 Å². The van der Waals surface area contributed by atoms with Crippen molar-refractivity contribution < 1.29 is 9.90 Å². The molecule has 54 heavy (non-hydrogen) atoms. The first-order valence-corrected chi connectivity index (χ1v) is 23.7. The molecule has 29 atom stereocenters. The van der Waals surface area contributed by atoms with Gasteiger partial charge in [-0.25, -0.2) is 0 Å². The Morgan fingerprint density at radius 1 is 0.556 bits per heavy atom. The van der Waals surface area contributed by atoms with Crippen LogP contribution in [0.15, 0.2) is 77.9 Å². The Labute approximate surface area is 319 Å². The largest absolute Gasteiger partial charge is 0.389 e. The molecule has 0 aliphatic heterocycles. The summed E-state index contributed by atoms with van der Waals surface area (Å²) >= 11 is 0. The van der Waals surface area contributed by atoms with Gasteiger partial charge in [-0.3, -0.25) is 4.79 Å². The summed E-state index contributed by atoms with van der Waals surface area (Å²) < 4.78 is 0. The molecule has 13 saturated carbocycles. The van der Waals surface area contributed by atoms with Gasteiger partial charge in [-0.2, -0.15) is 0 Å². The van der Waals surface area contributed by atoms with Crippen LogP contribution in [0, 0.1) is 165 Å². The summed E-state index contributed by atoms with van der Waals surface area (Å²) in [5, 5.41) is 10.1. The molecule has 17 aliphatic carbocycles. The summed E-state index contributed by atoms with van der Waals surface area (Å²) in [5.74, 6) is 24.0. The van der Waals surface area contributed by atoms with Crippen molar-refractivity contribution in [3.05, 3.63) is 83.5 Å². The van der Waals surface area contributed by atoms with E-state index in [4.69, 9.17) is 0 Å². The smallest absolute Gasteiger partial charge is 0.158 e. The first-order chi connectivity index (χ1) is 26.7. The number of hydrogen-bond acceptors (Lipinski definition) is 2. The van der Waals surface area contributed by atoms with E-state index >= 15 is 0 Å². The number of carbonyl (C=O) groups excluding carboxylic acids is 1. The van der Waals surface area contributed by atoms with E-state index in [9.17, 15) is 9.90 Å². The quantitative estimate of drug-likeness (QED) is 0.301. The SMILES string of the molecule is O=C(CO)CCCC1(c2ccccc2)C23C4C5C=CC6=C7C=CC8C9C=CC%10C%11CCC%12C%13CCC5C2C%13C2C%12C%11C5C%10C9C9C8C7C(C64)C4C9C5C2C413. The number of rotatable bonds is 6. The third-order valence-corrected chi connectivity index (χ3v) is 25.1. The highest BCUT2D eigenvalue weighted by atomic mass is 16.3. The fraction of sp³-hybridized carbons (Fsp3) is 0.712. The van der Waals surface area contributed by atoms with Crippen molar-refractivity contribution in [1.29, 1.82) is 0 Å².